The van der Waals surface area contributed by atoms with Crippen LogP contribution in [0.3, 0.4) is 0 Å². The van der Waals surface area contributed by atoms with Gasteiger partial charge in [-0.2, -0.15) is 0 Å². The van der Waals surface area contributed by atoms with Gasteiger partial charge in [0.25, 0.3) is 0 Å². The molecule has 0 saturated heterocycles. The van der Waals surface area contributed by atoms with E-state index in [4.69, 9.17) is 10.9 Å². The van der Waals surface area contributed by atoms with Crippen LogP contribution >= 0.6 is 0 Å². The van der Waals surface area contributed by atoms with Crippen LogP contribution in [0, 0.1) is 13.8 Å². The van der Waals surface area contributed by atoms with Gasteiger partial charge in [-0.1, -0.05) is 5.16 Å². The number of rotatable bonds is 2. The zero-order valence-corrected chi connectivity index (χ0v) is 9.36. The molecule has 2 aromatic heterocycles. The lowest BCUT2D eigenvalue weighted by Crippen LogP contribution is -2.15. The van der Waals surface area contributed by atoms with Crippen molar-refractivity contribution in [3.63, 3.8) is 0 Å². The molecule has 0 unspecified atom stereocenters. The van der Waals surface area contributed by atoms with Crippen molar-refractivity contribution in [1.82, 2.24) is 24.7 Å². The summed E-state index contributed by atoms with van der Waals surface area (Å²) in [7, 11) is 0. The van der Waals surface area contributed by atoms with Crippen LogP contribution in [0.15, 0.2) is 17.7 Å². The molecule has 0 aliphatic heterocycles. The molecule has 88 valence electrons. The summed E-state index contributed by atoms with van der Waals surface area (Å²) in [6.07, 6.45) is 3.10. The second-order valence-electron chi connectivity index (χ2n) is 3.42. The average Bonchev–Trinajstić information content (AvgIpc) is 2.80. The third-order valence-electron chi connectivity index (χ3n) is 2.10. The summed E-state index contributed by atoms with van der Waals surface area (Å²) >= 11 is 0. The van der Waals surface area contributed by atoms with Gasteiger partial charge in [-0.3, -0.25) is 4.98 Å². The molecule has 0 fully saturated rings. The Morgan fingerprint density at radius 1 is 1.41 bits per heavy atom. The molecule has 0 radical (unpaired) electrons. The van der Waals surface area contributed by atoms with Crippen molar-refractivity contribution < 1.29 is 5.21 Å². The molecule has 0 atom stereocenters. The van der Waals surface area contributed by atoms with Crippen molar-refractivity contribution in [2.45, 2.75) is 13.8 Å². The van der Waals surface area contributed by atoms with E-state index >= 15 is 0 Å². The van der Waals surface area contributed by atoms with Gasteiger partial charge in [-0.25, -0.2) is 14.6 Å². The quantitative estimate of drug-likeness (QED) is 0.320. The molecule has 0 spiro atoms. The first kappa shape index (κ1) is 11.0. The van der Waals surface area contributed by atoms with E-state index in [1.54, 1.807) is 6.20 Å². The SMILES string of the molecule is Cc1cnc(C)c(-n2cnc(C(N)=NO)n2)n1. The first-order chi connectivity index (χ1) is 8.11. The van der Waals surface area contributed by atoms with Crippen molar-refractivity contribution in [1.29, 1.82) is 0 Å². The average molecular weight is 233 g/mol. The van der Waals surface area contributed by atoms with E-state index < -0.39 is 0 Å². The Hall–Kier alpha value is -2.51. The summed E-state index contributed by atoms with van der Waals surface area (Å²) in [6.45, 7) is 3.64. The molecule has 2 aromatic rings. The number of aromatic nitrogens is 5. The first-order valence-corrected chi connectivity index (χ1v) is 4.82. The van der Waals surface area contributed by atoms with Crippen molar-refractivity contribution in [3.8, 4) is 5.82 Å². The molecule has 0 saturated carbocycles. The maximum Gasteiger partial charge on any atom is 0.220 e. The van der Waals surface area contributed by atoms with Crippen molar-refractivity contribution in [3.05, 3.63) is 29.7 Å². The van der Waals surface area contributed by atoms with Crippen molar-refractivity contribution in [2.24, 2.45) is 10.9 Å². The lowest BCUT2D eigenvalue weighted by Gasteiger charge is -2.03. The summed E-state index contributed by atoms with van der Waals surface area (Å²) in [5, 5.41) is 15.4. The number of amidine groups is 1. The van der Waals surface area contributed by atoms with Gasteiger partial charge in [0.2, 0.25) is 11.7 Å². The van der Waals surface area contributed by atoms with Gasteiger partial charge in [0.1, 0.15) is 6.33 Å². The molecule has 17 heavy (non-hydrogen) atoms. The minimum Gasteiger partial charge on any atom is -0.409 e. The van der Waals surface area contributed by atoms with Gasteiger partial charge in [0.15, 0.2) is 5.82 Å². The summed E-state index contributed by atoms with van der Waals surface area (Å²) in [4.78, 5) is 12.4. The normalized spacial score (nSPS) is 11.8. The number of nitrogens with two attached hydrogens (primary N) is 1. The van der Waals surface area contributed by atoms with E-state index in [1.807, 2.05) is 13.8 Å². The van der Waals surface area contributed by atoms with Gasteiger partial charge >= 0.3 is 0 Å². The monoisotopic (exact) mass is 233 g/mol. The van der Waals surface area contributed by atoms with Crippen molar-refractivity contribution >= 4 is 5.84 Å². The second kappa shape index (κ2) is 4.16. The minimum atomic E-state index is -0.151. The van der Waals surface area contributed by atoms with Crippen LogP contribution in [0.4, 0.5) is 0 Å². The Morgan fingerprint density at radius 3 is 2.88 bits per heavy atom. The van der Waals surface area contributed by atoms with Gasteiger partial charge in [-0.05, 0) is 13.8 Å². The largest absolute Gasteiger partial charge is 0.409 e. The zero-order valence-electron chi connectivity index (χ0n) is 9.36. The number of nitrogens with zero attached hydrogens (tertiary/aromatic N) is 6. The number of hydrogen-bond donors (Lipinski definition) is 2. The lowest BCUT2D eigenvalue weighted by molar-refractivity contribution is 0.318. The van der Waals surface area contributed by atoms with Crippen LogP contribution in [0.2, 0.25) is 0 Å². The van der Waals surface area contributed by atoms with Crippen LogP contribution in [0.1, 0.15) is 17.2 Å². The predicted octanol–water partition coefficient (Wildman–Crippen LogP) is -0.231. The van der Waals surface area contributed by atoms with Crippen molar-refractivity contribution in [2.75, 3.05) is 0 Å². The topological polar surface area (TPSA) is 115 Å². The summed E-state index contributed by atoms with van der Waals surface area (Å²) < 4.78 is 1.43. The summed E-state index contributed by atoms with van der Waals surface area (Å²) in [5.74, 6) is 0.548. The van der Waals surface area contributed by atoms with Crippen LogP contribution in [-0.4, -0.2) is 35.8 Å². The van der Waals surface area contributed by atoms with Gasteiger partial charge in [0, 0.05) is 6.20 Å². The molecule has 3 N–H and O–H groups in total. The molecule has 2 rings (SSSR count). The summed E-state index contributed by atoms with van der Waals surface area (Å²) in [6, 6.07) is 0. The van der Waals surface area contributed by atoms with Gasteiger partial charge in [-0.15, -0.1) is 5.10 Å². The van der Waals surface area contributed by atoms with Gasteiger partial charge < -0.3 is 10.9 Å². The Kier molecular flexibility index (Phi) is 2.69. The Morgan fingerprint density at radius 2 is 2.18 bits per heavy atom. The molecular formula is C9H11N7O. The smallest absolute Gasteiger partial charge is 0.220 e. The third kappa shape index (κ3) is 2.05. The molecule has 0 aliphatic carbocycles. The fourth-order valence-electron chi connectivity index (χ4n) is 1.27. The highest BCUT2D eigenvalue weighted by Crippen LogP contribution is 2.07. The maximum absolute atomic E-state index is 8.51. The standard InChI is InChI=1S/C9H11N7O/c1-5-3-11-6(2)9(13-5)16-4-12-8(14-16)7(10)15-17/h3-4,17H,1-2H3,(H2,10,15). The number of aryl methyl sites for hydroxylation is 2. The zero-order chi connectivity index (χ0) is 12.4. The van der Waals surface area contributed by atoms with Crippen LogP contribution in [-0.2, 0) is 0 Å². The molecule has 0 amide bonds. The minimum absolute atomic E-state index is 0.134. The lowest BCUT2D eigenvalue weighted by atomic mass is 10.4. The molecule has 0 bridgehead atoms. The van der Waals surface area contributed by atoms with Crippen LogP contribution < -0.4 is 5.73 Å². The molecular weight excluding hydrogens is 222 g/mol. The highest BCUT2D eigenvalue weighted by Gasteiger charge is 2.10. The molecule has 8 nitrogen and oxygen atoms in total. The predicted molar refractivity (Wildman–Crippen MR) is 58.9 cm³/mol. The molecule has 8 heteroatoms. The fourth-order valence-corrected chi connectivity index (χ4v) is 1.27. The molecule has 2 heterocycles. The van der Waals surface area contributed by atoms with Gasteiger partial charge in [0.05, 0.1) is 11.4 Å². The Bertz CT molecular complexity index is 574. The first-order valence-electron chi connectivity index (χ1n) is 4.82. The fraction of sp³-hybridized carbons (Fsp3) is 0.222. The van der Waals surface area contributed by atoms with E-state index in [0.717, 1.165) is 5.69 Å². The Balaban J connectivity index is 2.47. The van der Waals surface area contributed by atoms with Crippen LogP contribution in [0.5, 0.6) is 0 Å². The van der Waals surface area contributed by atoms with Crippen LogP contribution in [0.25, 0.3) is 5.82 Å². The molecule has 0 aromatic carbocycles. The molecule has 0 aliphatic rings. The highest BCUT2D eigenvalue weighted by molar-refractivity contribution is 5.93. The Labute approximate surface area is 96.8 Å². The number of hydrogen-bond acceptors (Lipinski definition) is 6. The highest BCUT2D eigenvalue weighted by atomic mass is 16.4. The maximum atomic E-state index is 8.51. The van der Waals surface area contributed by atoms with E-state index in [2.05, 4.69) is 25.2 Å². The summed E-state index contributed by atoms with van der Waals surface area (Å²) in [5.41, 5.74) is 6.86. The number of oxime groups is 1. The van der Waals surface area contributed by atoms with E-state index in [9.17, 15) is 0 Å². The third-order valence-corrected chi connectivity index (χ3v) is 2.10. The second-order valence-corrected chi connectivity index (χ2v) is 3.42. The van der Waals surface area contributed by atoms with E-state index in [0.29, 0.717) is 11.5 Å². The van der Waals surface area contributed by atoms with E-state index in [1.165, 1.54) is 11.0 Å². The van der Waals surface area contributed by atoms with E-state index in [-0.39, 0.29) is 11.7 Å².